The van der Waals surface area contributed by atoms with Crippen LogP contribution in [0.3, 0.4) is 0 Å². The number of halogens is 1. The molecule has 3 rings (SSSR count). The number of ketones is 1. The van der Waals surface area contributed by atoms with Crippen molar-refractivity contribution < 1.29 is 9.53 Å². The summed E-state index contributed by atoms with van der Waals surface area (Å²) in [6, 6.07) is 3.78. The van der Waals surface area contributed by atoms with Crippen molar-refractivity contribution in [2.24, 2.45) is 4.99 Å². The monoisotopic (exact) mass is 319 g/mol. The van der Waals surface area contributed by atoms with Crippen molar-refractivity contribution in [1.29, 1.82) is 0 Å². The molecule has 0 unspecified atom stereocenters. The average Bonchev–Trinajstić information content (AvgIpc) is 3.03. The number of ether oxygens (including phenoxy) is 1. The maximum Gasteiger partial charge on any atom is 0.203 e. The first-order valence-corrected chi connectivity index (χ1v) is 7.75. The van der Waals surface area contributed by atoms with Crippen LogP contribution in [0.25, 0.3) is 0 Å². The van der Waals surface area contributed by atoms with Gasteiger partial charge < -0.3 is 4.74 Å². The Balaban J connectivity index is 2.08. The highest BCUT2D eigenvalue weighted by molar-refractivity contribution is 7.14. The van der Waals surface area contributed by atoms with E-state index in [1.807, 2.05) is 32.1 Å². The maximum absolute atomic E-state index is 12.7. The Morgan fingerprint density at radius 3 is 2.76 bits per heavy atom. The lowest BCUT2D eigenvalue weighted by Crippen LogP contribution is -2.17. The summed E-state index contributed by atoms with van der Waals surface area (Å²) in [5.74, 6) is 0.432. The molecule has 0 N–H and O–H groups in total. The van der Waals surface area contributed by atoms with Crippen molar-refractivity contribution in [3.8, 4) is 0 Å². The number of carbonyl (C=O) groups is 1. The molecule has 0 atom stereocenters. The van der Waals surface area contributed by atoms with Crippen LogP contribution in [-0.4, -0.2) is 18.6 Å². The van der Waals surface area contributed by atoms with Crippen molar-refractivity contribution in [3.05, 3.63) is 55.6 Å². The summed E-state index contributed by atoms with van der Waals surface area (Å²) in [5, 5.41) is 0.468. The SMILES string of the molecule is COC1=C(C(=O)c2ccc(C)s2)CC2=NC(C)=CC2=C1Cl. The van der Waals surface area contributed by atoms with Crippen molar-refractivity contribution >= 4 is 34.4 Å². The maximum atomic E-state index is 12.7. The van der Waals surface area contributed by atoms with Crippen LogP contribution in [-0.2, 0) is 4.74 Å². The number of thiophene rings is 1. The molecule has 5 heteroatoms. The second kappa shape index (κ2) is 5.28. The first-order valence-electron chi connectivity index (χ1n) is 6.56. The van der Waals surface area contributed by atoms with Crippen molar-refractivity contribution in [3.63, 3.8) is 0 Å². The Hall–Kier alpha value is -1.65. The van der Waals surface area contributed by atoms with Gasteiger partial charge in [0, 0.05) is 22.6 Å². The standard InChI is InChI=1S/C16H14ClNO2S/c1-8-6-10-12(18-8)7-11(16(20-3)14(10)17)15(19)13-5-4-9(2)21-13/h4-6H,7H2,1-3H3. The lowest BCUT2D eigenvalue weighted by atomic mass is 9.92. The first kappa shape index (κ1) is 14.3. The first-order chi connectivity index (χ1) is 10.0. The normalized spacial score (nSPS) is 17.7. The van der Waals surface area contributed by atoms with Gasteiger partial charge >= 0.3 is 0 Å². The molecule has 0 aromatic carbocycles. The molecule has 1 aliphatic carbocycles. The van der Waals surface area contributed by atoms with E-state index in [0.29, 0.717) is 27.7 Å². The number of Topliss-reactive ketones (excluding diaryl/α,β-unsaturated/α-hetero) is 1. The minimum absolute atomic E-state index is 0.0330. The Kier molecular flexibility index (Phi) is 3.59. The molecule has 0 bridgehead atoms. The largest absolute Gasteiger partial charge is 0.495 e. The zero-order valence-corrected chi connectivity index (χ0v) is 13.6. The van der Waals surface area contributed by atoms with Crippen LogP contribution < -0.4 is 0 Å². The van der Waals surface area contributed by atoms with Crippen LogP contribution in [0.15, 0.2) is 50.8 Å². The number of hydrogen-bond donors (Lipinski definition) is 0. The number of hydrogen-bond acceptors (Lipinski definition) is 4. The van der Waals surface area contributed by atoms with Crippen LogP contribution in [0, 0.1) is 6.92 Å². The molecule has 3 nitrogen and oxygen atoms in total. The summed E-state index contributed by atoms with van der Waals surface area (Å²) in [6.07, 6.45) is 2.38. The fourth-order valence-electron chi connectivity index (χ4n) is 2.53. The fraction of sp³-hybridized carbons (Fsp3) is 0.250. The van der Waals surface area contributed by atoms with E-state index in [4.69, 9.17) is 16.3 Å². The molecule has 108 valence electrons. The molecule has 1 aliphatic heterocycles. The van der Waals surface area contributed by atoms with Gasteiger partial charge in [-0.15, -0.1) is 11.3 Å². The molecule has 0 spiro atoms. The molecular weight excluding hydrogens is 306 g/mol. The predicted molar refractivity (Wildman–Crippen MR) is 86.1 cm³/mol. The highest BCUT2D eigenvalue weighted by Gasteiger charge is 2.31. The van der Waals surface area contributed by atoms with Crippen molar-refractivity contribution in [2.45, 2.75) is 20.3 Å². The van der Waals surface area contributed by atoms with Crippen LogP contribution in [0.4, 0.5) is 0 Å². The summed E-state index contributed by atoms with van der Waals surface area (Å²) in [5.41, 5.74) is 3.18. The molecule has 0 fully saturated rings. The summed E-state index contributed by atoms with van der Waals surface area (Å²) < 4.78 is 5.40. The van der Waals surface area contributed by atoms with Crippen molar-refractivity contribution in [2.75, 3.05) is 7.11 Å². The van der Waals surface area contributed by atoms with Gasteiger partial charge in [0.15, 0.2) is 0 Å². The van der Waals surface area contributed by atoms with E-state index in [-0.39, 0.29) is 5.78 Å². The lowest BCUT2D eigenvalue weighted by molar-refractivity contribution is 0.102. The van der Waals surface area contributed by atoms with Gasteiger partial charge in [-0.3, -0.25) is 9.79 Å². The molecule has 1 aromatic rings. The van der Waals surface area contributed by atoms with Gasteiger partial charge in [0.05, 0.1) is 28.3 Å². The summed E-state index contributed by atoms with van der Waals surface area (Å²) >= 11 is 7.88. The smallest absolute Gasteiger partial charge is 0.203 e. The molecule has 0 saturated carbocycles. The number of nitrogens with zero attached hydrogens (tertiary/aromatic N) is 1. The molecule has 21 heavy (non-hydrogen) atoms. The van der Waals surface area contributed by atoms with Crippen LogP contribution in [0.5, 0.6) is 0 Å². The number of rotatable bonds is 3. The van der Waals surface area contributed by atoms with Crippen LogP contribution in [0.2, 0.25) is 0 Å². The topological polar surface area (TPSA) is 38.7 Å². The van der Waals surface area contributed by atoms with Gasteiger partial charge in [-0.2, -0.15) is 0 Å². The van der Waals surface area contributed by atoms with Crippen molar-refractivity contribution in [1.82, 2.24) is 0 Å². The quantitative estimate of drug-likeness (QED) is 0.775. The Bertz CT molecular complexity index is 765. The molecule has 0 radical (unpaired) electrons. The highest BCUT2D eigenvalue weighted by atomic mass is 35.5. The van der Waals surface area contributed by atoms with Crippen LogP contribution in [0.1, 0.15) is 27.9 Å². The minimum atomic E-state index is -0.0330. The van der Waals surface area contributed by atoms with Gasteiger partial charge in [0.25, 0.3) is 0 Å². The van der Waals surface area contributed by atoms with E-state index in [2.05, 4.69) is 4.99 Å². The summed E-state index contributed by atoms with van der Waals surface area (Å²) in [6.45, 7) is 3.90. The number of carbonyl (C=O) groups excluding carboxylic acids is 1. The van der Waals surface area contributed by atoms with Gasteiger partial charge in [-0.1, -0.05) is 11.6 Å². The van der Waals surface area contributed by atoms with Gasteiger partial charge in [-0.05, 0) is 32.1 Å². The second-order valence-corrected chi connectivity index (χ2v) is 6.67. The third-order valence-electron chi connectivity index (χ3n) is 3.47. The Morgan fingerprint density at radius 2 is 2.14 bits per heavy atom. The second-order valence-electron chi connectivity index (χ2n) is 5.00. The summed E-state index contributed by atoms with van der Waals surface area (Å²) in [7, 11) is 1.54. The third-order valence-corrected chi connectivity index (χ3v) is 4.85. The number of fused-ring (bicyclic) bond motifs is 1. The number of allylic oxidation sites excluding steroid dienone is 5. The van der Waals surface area contributed by atoms with Gasteiger partial charge in [0.1, 0.15) is 5.76 Å². The van der Waals surface area contributed by atoms with E-state index >= 15 is 0 Å². The number of aryl methyl sites for hydroxylation is 1. The number of aliphatic imine (C=N–C) groups is 1. The van der Waals surface area contributed by atoms with E-state index in [9.17, 15) is 4.79 Å². The zero-order valence-electron chi connectivity index (χ0n) is 12.0. The van der Waals surface area contributed by atoms with Crippen LogP contribution >= 0.6 is 22.9 Å². The van der Waals surface area contributed by atoms with E-state index in [1.165, 1.54) is 11.3 Å². The fourth-order valence-corrected chi connectivity index (χ4v) is 3.72. The molecule has 2 heterocycles. The minimum Gasteiger partial charge on any atom is -0.495 e. The lowest BCUT2D eigenvalue weighted by Gasteiger charge is -2.19. The average molecular weight is 320 g/mol. The number of methoxy groups -OCH3 is 1. The molecule has 1 aromatic heterocycles. The predicted octanol–water partition coefficient (Wildman–Crippen LogP) is 4.39. The third kappa shape index (κ3) is 2.39. The Morgan fingerprint density at radius 1 is 1.38 bits per heavy atom. The van der Waals surface area contributed by atoms with E-state index < -0.39 is 0 Å². The molecule has 2 aliphatic rings. The van der Waals surface area contributed by atoms with E-state index in [1.54, 1.807) is 7.11 Å². The molecule has 0 amide bonds. The summed E-state index contributed by atoms with van der Waals surface area (Å²) in [4.78, 5) is 19.0. The molecule has 0 saturated heterocycles. The van der Waals surface area contributed by atoms with E-state index in [0.717, 1.165) is 21.9 Å². The van der Waals surface area contributed by atoms with Gasteiger partial charge in [0.2, 0.25) is 5.78 Å². The zero-order chi connectivity index (χ0) is 15.1. The molecular formula is C16H14ClNO2S. The highest BCUT2D eigenvalue weighted by Crippen LogP contribution is 2.38. The Labute approximate surface area is 132 Å². The van der Waals surface area contributed by atoms with Gasteiger partial charge in [-0.25, -0.2) is 0 Å².